The number of carbonyl (C=O) groups excluding carboxylic acids is 1. The third-order valence-electron chi connectivity index (χ3n) is 5.63. The predicted octanol–water partition coefficient (Wildman–Crippen LogP) is 2.97. The molecule has 186 valence electrons. The second-order valence-electron chi connectivity index (χ2n) is 8.68. The highest BCUT2D eigenvalue weighted by Gasteiger charge is 2.50. The third kappa shape index (κ3) is 5.52. The molecule has 0 radical (unpaired) electrons. The van der Waals surface area contributed by atoms with Gasteiger partial charge in [0.1, 0.15) is 29.9 Å². The number of nitrogens with one attached hydrogen (secondary N) is 1. The maximum absolute atomic E-state index is 15.0. The van der Waals surface area contributed by atoms with Crippen LogP contribution in [0.1, 0.15) is 26.3 Å². The van der Waals surface area contributed by atoms with E-state index < -0.39 is 60.0 Å². The van der Waals surface area contributed by atoms with Gasteiger partial charge in [-0.25, -0.2) is 4.39 Å². The van der Waals surface area contributed by atoms with Crippen molar-refractivity contribution < 1.29 is 42.4 Å². The van der Waals surface area contributed by atoms with Crippen molar-refractivity contribution in [2.75, 3.05) is 13.7 Å². The van der Waals surface area contributed by atoms with Gasteiger partial charge in [0.15, 0.2) is 0 Å². The molecule has 0 bridgehead atoms. The van der Waals surface area contributed by atoms with E-state index in [1.165, 1.54) is 37.4 Å². The number of methoxy groups -OCH3 is 1. The summed E-state index contributed by atoms with van der Waals surface area (Å²) >= 11 is 0. The predicted molar refractivity (Wildman–Crippen MR) is 117 cm³/mol. The smallest absolute Gasteiger partial charge is 0.290 e. The summed E-state index contributed by atoms with van der Waals surface area (Å²) in [7, 11) is 1.37. The number of aliphatic hydroxyl groups excluding tert-OH is 2. The number of carbonyl (C=O) groups is 1. The lowest BCUT2D eigenvalue weighted by atomic mass is 9.89. The maximum Gasteiger partial charge on any atom is 0.290 e. The molecule has 2 aromatic rings. The minimum Gasteiger partial charge on any atom is -0.462 e. The number of hydrogen-bond acceptors (Lipinski definition) is 6. The number of amides is 1. The fourth-order valence-corrected chi connectivity index (χ4v) is 3.98. The number of benzene rings is 2. The molecule has 0 saturated carbocycles. The lowest BCUT2D eigenvalue weighted by Crippen LogP contribution is -2.63. The van der Waals surface area contributed by atoms with E-state index in [0.29, 0.717) is 0 Å². The molecule has 0 aromatic heterocycles. The molecule has 10 heteroatoms. The molecular formula is C24H28F3NO6. The highest BCUT2D eigenvalue weighted by atomic mass is 19.3. The molecule has 2 aromatic carbocycles. The summed E-state index contributed by atoms with van der Waals surface area (Å²) in [5.74, 6) is -4.68. The lowest BCUT2D eigenvalue weighted by Gasteiger charge is -2.46. The Morgan fingerprint density at radius 1 is 1.18 bits per heavy atom. The Labute approximate surface area is 195 Å². The number of ether oxygens (including phenoxy) is 3. The molecule has 4 atom stereocenters. The number of halogens is 3. The van der Waals surface area contributed by atoms with E-state index in [1.54, 1.807) is 13.8 Å². The van der Waals surface area contributed by atoms with Crippen LogP contribution in [0.5, 0.6) is 5.75 Å². The van der Waals surface area contributed by atoms with Gasteiger partial charge in [-0.05, 0) is 55.3 Å². The van der Waals surface area contributed by atoms with Gasteiger partial charge in [0.2, 0.25) is 12.2 Å². The van der Waals surface area contributed by atoms with E-state index in [0.717, 1.165) is 19.1 Å². The minimum atomic E-state index is -3.48. The van der Waals surface area contributed by atoms with Crippen LogP contribution in [0.4, 0.5) is 13.2 Å². The highest BCUT2D eigenvalue weighted by Crippen LogP contribution is 2.39. The number of hydrogen-bond donors (Lipinski definition) is 3. The molecule has 1 saturated heterocycles. The second kappa shape index (κ2) is 9.91. The fourth-order valence-electron chi connectivity index (χ4n) is 3.98. The van der Waals surface area contributed by atoms with Gasteiger partial charge in [-0.3, -0.25) is 4.79 Å². The van der Waals surface area contributed by atoms with E-state index in [9.17, 15) is 28.2 Å². The second-order valence-corrected chi connectivity index (χ2v) is 8.68. The normalized spacial score (nSPS) is 24.5. The lowest BCUT2D eigenvalue weighted by molar-refractivity contribution is -0.305. The van der Waals surface area contributed by atoms with Crippen LogP contribution in [0.2, 0.25) is 0 Å². The summed E-state index contributed by atoms with van der Waals surface area (Å²) in [5, 5.41) is 23.0. The van der Waals surface area contributed by atoms with E-state index in [1.807, 2.05) is 0 Å². The van der Waals surface area contributed by atoms with Crippen LogP contribution in [0.15, 0.2) is 42.5 Å². The Morgan fingerprint density at radius 3 is 2.50 bits per heavy atom. The van der Waals surface area contributed by atoms with Crippen molar-refractivity contribution in [1.29, 1.82) is 0 Å². The quantitative estimate of drug-likeness (QED) is 0.561. The zero-order chi connectivity index (χ0) is 25.3. The molecule has 1 aliphatic rings. The largest absolute Gasteiger partial charge is 0.462 e. The number of rotatable bonds is 7. The molecule has 3 N–H and O–H groups in total. The summed E-state index contributed by atoms with van der Waals surface area (Å²) in [6.07, 6.45) is -4.98. The van der Waals surface area contributed by atoms with Gasteiger partial charge in [-0.2, -0.15) is 8.78 Å². The topological polar surface area (TPSA) is 97.3 Å². The van der Waals surface area contributed by atoms with Crippen molar-refractivity contribution in [2.45, 2.75) is 56.9 Å². The van der Waals surface area contributed by atoms with Crippen molar-refractivity contribution in [1.82, 2.24) is 5.32 Å². The summed E-state index contributed by atoms with van der Waals surface area (Å²) in [6.45, 7) is 3.47. The Balaban J connectivity index is 1.99. The van der Waals surface area contributed by atoms with Gasteiger partial charge in [-0.15, -0.1) is 0 Å². The van der Waals surface area contributed by atoms with E-state index in [-0.39, 0.29) is 16.9 Å². The summed E-state index contributed by atoms with van der Waals surface area (Å²) in [4.78, 5) is 11.2. The van der Waals surface area contributed by atoms with E-state index >= 15 is 0 Å². The van der Waals surface area contributed by atoms with Crippen molar-refractivity contribution >= 4 is 5.91 Å². The molecule has 1 fully saturated rings. The zero-order valence-electron chi connectivity index (χ0n) is 19.2. The summed E-state index contributed by atoms with van der Waals surface area (Å²) < 4.78 is 60.6. The van der Waals surface area contributed by atoms with Gasteiger partial charge in [0.05, 0.1) is 12.1 Å². The number of alkyl halides is 2. The first kappa shape index (κ1) is 26.0. The standard InChI is InChI=1S/C24H28F3NO6/c1-13(29)28-12-24(26,27)18-9-8-16(11-17(18)14-6-5-7-15(25)10-14)33-22-20(31)19(30)21(32-4)23(2,3)34-22/h5-11,19-22,30-31H,12H2,1-4H3,(H,28,29)/t19-,20+,21+,22+/m0/s1. The first-order chi connectivity index (χ1) is 15.9. The van der Waals surface area contributed by atoms with Gasteiger partial charge in [0, 0.05) is 19.6 Å². The van der Waals surface area contributed by atoms with Crippen LogP contribution in [0.25, 0.3) is 11.1 Å². The van der Waals surface area contributed by atoms with E-state index in [4.69, 9.17) is 14.2 Å². The van der Waals surface area contributed by atoms with Gasteiger partial charge in [0.25, 0.3) is 5.92 Å². The average molecular weight is 483 g/mol. The van der Waals surface area contributed by atoms with Gasteiger partial charge < -0.3 is 29.7 Å². The maximum atomic E-state index is 15.0. The monoisotopic (exact) mass is 483 g/mol. The van der Waals surface area contributed by atoms with Crippen molar-refractivity contribution in [3.8, 4) is 16.9 Å². The Kier molecular flexibility index (Phi) is 7.56. The molecule has 3 rings (SSSR count). The van der Waals surface area contributed by atoms with Crippen LogP contribution < -0.4 is 10.1 Å². The molecular weight excluding hydrogens is 455 g/mol. The van der Waals surface area contributed by atoms with Crippen LogP contribution in [-0.2, 0) is 20.2 Å². The van der Waals surface area contributed by atoms with Crippen LogP contribution in [0.3, 0.4) is 0 Å². The number of aliphatic hydroxyl groups is 2. The minimum absolute atomic E-state index is 0.0350. The van der Waals surface area contributed by atoms with Gasteiger partial charge >= 0.3 is 0 Å². The first-order valence-corrected chi connectivity index (χ1v) is 10.6. The molecule has 34 heavy (non-hydrogen) atoms. The molecule has 1 aliphatic heterocycles. The Hall–Kier alpha value is -2.66. The SMILES string of the molecule is CO[C@@H]1[C@@H](O)[C@@H](O)[C@H](Oc2ccc(C(F)(F)CNC(C)=O)c(-c3cccc(F)c3)c2)OC1(C)C. The molecule has 1 heterocycles. The molecule has 1 amide bonds. The Morgan fingerprint density at radius 2 is 1.88 bits per heavy atom. The molecule has 0 unspecified atom stereocenters. The molecule has 0 aliphatic carbocycles. The van der Waals surface area contributed by atoms with Crippen LogP contribution in [0, 0.1) is 5.82 Å². The van der Waals surface area contributed by atoms with E-state index in [2.05, 4.69) is 5.32 Å². The first-order valence-electron chi connectivity index (χ1n) is 10.6. The zero-order valence-corrected chi connectivity index (χ0v) is 19.2. The van der Waals surface area contributed by atoms with Crippen molar-refractivity contribution in [3.63, 3.8) is 0 Å². The summed E-state index contributed by atoms with van der Waals surface area (Å²) in [5.41, 5.74) is -1.36. The van der Waals surface area contributed by atoms with Crippen LogP contribution >= 0.6 is 0 Å². The fraction of sp³-hybridized carbons (Fsp3) is 0.458. The molecule has 0 spiro atoms. The van der Waals surface area contributed by atoms with Crippen molar-refractivity contribution in [3.05, 3.63) is 53.8 Å². The Bertz CT molecular complexity index is 1030. The highest BCUT2D eigenvalue weighted by molar-refractivity contribution is 5.73. The average Bonchev–Trinajstić information content (AvgIpc) is 2.76. The van der Waals surface area contributed by atoms with Gasteiger partial charge in [-0.1, -0.05) is 12.1 Å². The molecule has 7 nitrogen and oxygen atoms in total. The van der Waals surface area contributed by atoms with Crippen LogP contribution in [-0.4, -0.2) is 60.0 Å². The van der Waals surface area contributed by atoms with Crippen molar-refractivity contribution in [2.24, 2.45) is 0 Å². The third-order valence-corrected chi connectivity index (χ3v) is 5.63. The summed E-state index contributed by atoms with van der Waals surface area (Å²) in [6, 6.07) is 8.74.